The summed E-state index contributed by atoms with van der Waals surface area (Å²) in [5, 5.41) is 0. The molecule has 3 nitrogen and oxygen atoms in total. The molecule has 0 aromatic heterocycles. The molecule has 2 atom stereocenters. The third-order valence-electron chi connectivity index (χ3n) is 4.78. The first-order chi connectivity index (χ1) is 10.3. The van der Waals surface area contributed by atoms with Crippen molar-refractivity contribution < 1.29 is 9.59 Å². The lowest BCUT2D eigenvalue weighted by Crippen LogP contribution is -2.39. The molecule has 0 radical (unpaired) electrons. The van der Waals surface area contributed by atoms with E-state index in [2.05, 4.69) is 27.4 Å². The van der Waals surface area contributed by atoms with E-state index in [-0.39, 0.29) is 23.7 Å². The second-order valence-electron chi connectivity index (χ2n) is 6.52. The summed E-state index contributed by atoms with van der Waals surface area (Å²) in [6, 6.07) is 0.151. The van der Waals surface area contributed by atoms with Gasteiger partial charge in [0.1, 0.15) is 5.78 Å². The Balaban J connectivity index is 4.66. The summed E-state index contributed by atoms with van der Waals surface area (Å²) in [6.45, 7) is 16.3. The number of ketones is 1. The van der Waals surface area contributed by atoms with Gasteiger partial charge in [-0.1, -0.05) is 33.3 Å². The maximum atomic E-state index is 12.1. The van der Waals surface area contributed by atoms with Crippen molar-refractivity contribution in [2.45, 2.75) is 79.7 Å². The van der Waals surface area contributed by atoms with Crippen LogP contribution in [-0.2, 0) is 9.59 Å². The minimum absolute atomic E-state index is 0.0226. The zero-order valence-corrected chi connectivity index (χ0v) is 15.4. The average Bonchev–Trinajstić information content (AvgIpc) is 2.47. The highest BCUT2D eigenvalue weighted by Crippen LogP contribution is 2.25. The summed E-state index contributed by atoms with van der Waals surface area (Å²) in [6.07, 6.45) is 4.98. The monoisotopic (exact) mass is 309 g/mol. The van der Waals surface area contributed by atoms with Gasteiger partial charge in [0, 0.05) is 24.1 Å². The predicted octanol–water partition coefficient (Wildman–Crippen LogP) is 4.61. The Kier molecular flexibility index (Phi) is 10.0. The van der Waals surface area contributed by atoms with E-state index >= 15 is 0 Å². The van der Waals surface area contributed by atoms with Crippen LogP contribution in [0.1, 0.15) is 73.6 Å². The highest BCUT2D eigenvalue weighted by atomic mass is 16.2. The maximum absolute atomic E-state index is 12.1. The summed E-state index contributed by atoms with van der Waals surface area (Å²) < 4.78 is 0. The van der Waals surface area contributed by atoms with Crippen LogP contribution in [0, 0.1) is 11.8 Å². The van der Waals surface area contributed by atoms with Crippen molar-refractivity contribution in [2.24, 2.45) is 11.8 Å². The molecule has 0 saturated carbocycles. The first-order valence-corrected chi connectivity index (χ1v) is 8.75. The van der Waals surface area contributed by atoms with E-state index in [9.17, 15) is 9.59 Å². The third kappa shape index (κ3) is 6.76. The molecule has 2 unspecified atom stereocenters. The van der Waals surface area contributed by atoms with Gasteiger partial charge in [-0.15, -0.1) is 0 Å². The molecular formula is C19H35NO2. The fraction of sp³-hybridized carbons (Fsp3) is 0.789. The van der Waals surface area contributed by atoms with E-state index in [1.54, 1.807) is 13.8 Å². The maximum Gasteiger partial charge on any atom is 0.249 e. The molecule has 0 bridgehead atoms. The molecule has 0 aliphatic rings. The smallest absolute Gasteiger partial charge is 0.249 e. The molecule has 0 rings (SSSR count). The number of carbonyl (C=O) groups excluding carboxylic acids is 2. The molecule has 0 N–H and O–H groups in total. The number of likely N-dealkylation sites (N-methyl/N-ethyl adjacent to an activating group) is 1. The standard InChI is InChI=1S/C19H35NO2/c1-8-17(9-2)13-18(16(7)21)12-11-15(6)20(10-3)19(22)14(4)5/h15,17-18H,4,8-13H2,1-3,5-7H3. The highest BCUT2D eigenvalue weighted by molar-refractivity contribution is 5.92. The van der Waals surface area contributed by atoms with Crippen molar-refractivity contribution in [1.82, 2.24) is 4.90 Å². The van der Waals surface area contributed by atoms with Crippen LogP contribution in [-0.4, -0.2) is 29.2 Å². The Morgan fingerprint density at radius 2 is 1.59 bits per heavy atom. The highest BCUT2D eigenvalue weighted by Gasteiger charge is 2.23. The number of rotatable bonds is 11. The molecule has 3 heteroatoms. The molecule has 128 valence electrons. The average molecular weight is 309 g/mol. The minimum atomic E-state index is 0.0226. The Hall–Kier alpha value is -1.12. The quantitative estimate of drug-likeness (QED) is 0.523. The fourth-order valence-corrected chi connectivity index (χ4v) is 3.01. The minimum Gasteiger partial charge on any atom is -0.337 e. The first kappa shape index (κ1) is 20.9. The van der Waals surface area contributed by atoms with Gasteiger partial charge < -0.3 is 4.90 Å². The van der Waals surface area contributed by atoms with Crippen LogP contribution in [0.25, 0.3) is 0 Å². The molecule has 0 spiro atoms. The molecule has 0 aliphatic carbocycles. The van der Waals surface area contributed by atoms with Gasteiger partial charge in [0.25, 0.3) is 0 Å². The van der Waals surface area contributed by atoms with Gasteiger partial charge in [-0.2, -0.15) is 0 Å². The van der Waals surface area contributed by atoms with Crippen LogP contribution in [0.5, 0.6) is 0 Å². The number of carbonyl (C=O) groups is 2. The number of Topliss-reactive ketones (excluding diaryl/α,β-unsaturated/α-hetero) is 1. The van der Waals surface area contributed by atoms with Gasteiger partial charge in [-0.25, -0.2) is 0 Å². The normalized spacial score (nSPS) is 13.8. The lowest BCUT2D eigenvalue weighted by atomic mass is 9.85. The van der Waals surface area contributed by atoms with Gasteiger partial charge in [0.05, 0.1) is 0 Å². The third-order valence-corrected chi connectivity index (χ3v) is 4.78. The van der Waals surface area contributed by atoms with Gasteiger partial charge in [0.2, 0.25) is 5.91 Å². The number of nitrogens with zero attached hydrogens (tertiary/aromatic N) is 1. The van der Waals surface area contributed by atoms with Crippen LogP contribution in [0.4, 0.5) is 0 Å². The summed E-state index contributed by atoms with van der Waals surface area (Å²) in [5.41, 5.74) is 0.578. The van der Waals surface area contributed by atoms with Crippen molar-refractivity contribution >= 4 is 11.7 Å². The predicted molar refractivity (Wildman–Crippen MR) is 93.8 cm³/mol. The second-order valence-corrected chi connectivity index (χ2v) is 6.52. The molecule has 0 aromatic rings. The van der Waals surface area contributed by atoms with Crippen molar-refractivity contribution in [2.75, 3.05) is 6.54 Å². The lowest BCUT2D eigenvalue weighted by molar-refractivity contribution is -0.129. The fourth-order valence-electron chi connectivity index (χ4n) is 3.01. The van der Waals surface area contributed by atoms with E-state index in [0.29, 0.717) is 18.0 Å². The van der Waals surface area contributed by atoms with Crippen LogP contribution in [0.3, 0.4) is 0 Å². The Morgan fingerprint density at radius 1 is 1.05 bits per heavy atom. The molecule has 0 aliphatic heterocycles. The number of hydrogen-bond donors (Lipinski definition) is 0. The van der Waals surface area contributed by atoms with E-state index in [1.165, 1.54) is 0 Å². The summed E-state index contributed by atoms with van der Waals surface area (Å²) in [7, 11) is 0. The van der Waals surface area contributed by atoms with Crippen molar-refractivity contribution in [3.8, 4) is 0 Å². The molecule has 0 heterocycles. The Bertz CT molecular complexity index is 372. The van der Waals surface area contributed by atoms with E-state index < -0.39 is 0 Å². The summed E-state index contributed by atoms with van der Waals surface area (Å²) in [5.74, 6) is 1.07. The second kappa shape index (κ2) is 10.6. The van der Waals surface area contributed by atoms with Crippen LogP contribution in [0.15, 0.2) is 12.2 Å². The van der Waals surface area contributed by atoms with Crippen LogP contribution < -0.4 is 0 Å². The van der Waals surface area contributed by atoms with Gasteiger partial charge >= 0.3 is 0 Å². The van der Waals surface area contributed by atoms with Gasteiger partial charge in [-0.05, 0) is 52.9 Å². The zero-order valence-electron chi connectivity index (χ0n) is 15.4. The molecule has 1 amide bonds. The van der Waals surface area contributed by atoms with Crippen molar-refractivity contribution in [1.29, 1.82) is 0 Å². The molecule has 0 aromatic carbocycles. The molecule has 0 fully saturated rings. The Labute approximate surface area is 137 Å². The number of amides is 1. The largest absolute Gasteiger partial charge is 0.337 e. The van der Waals surface area contributed by atoms with E-state index in [1.807, 2.05) is 11.8 Å². The van der Waals surface area contributed by atoms with Gasteiger partial charge in [-0.3, -0.25) is 9.59 Å². The Morgan fingerprint density at radius 3 is 1.95 bits per heavy atom. The van der Waals surface area contributed by atoms with Crippen molar-refractivity contribution in [3.63, 3.8) is 0 Å². The summed E-state index contributed by atoms with van der Waals surface area (Å²) >= 11 is 0. The lowest BCUT2D eigenvalue weighted by Gasteiger charge is -2.29. The first-order valence-electron chi connectivity index (χ1n) is 8.75. The number of hydrogen-bond acceptors (Lipinski definition) is 2. The topological polar surface area (TPSA) is 37.4 Å². The van der Waals surface area contributed by atoms with Crippen molar-refractivity contribution in [3.05, 3.63) is 12.2 Å². The van der Waals surface area contributed by atoms with E-state index in [4.69, 9.17) is 0 Å². The molecular weight excluding hydrogens is 274 g/mol. The zero-order chi connectivity index (χ0) is 17.3. The molecule has 22 heavy (non-hydrogen) atoms. The molecule has 0 saturated heterocycles. The van der Waals surface area contributed by atoms with Gasteiger partial charge in [0.15, 0.2) is 0 Å². The summed E-state index contributed by atoms with van der Waals surface area (Å²) in [4.78, 5) is 25.9. The van der Waals surface area contributed by atoms with Crippen LogP contribution >= 0.6 is 0 Å². The SMILES string of the molecule is C=C(C)C(=O)N(CC)C(C)CCC(CC(CC)CC)C(C)=O. The van der Waals surface area contributed by atoms with Crippen LogP contribution in [0.2, 0.25) is 0 Å². The van der Waals surface area contributed by atoms with E-state index in [0.717, 1.165) is 32.1 Å².